The summed E-state index contributed by atoms with van der Waals surface area (Å²) in [5, 5.41) is 0. The van der Waals surface area contributed by atoms with Gasteiger partial charge in [-0.2, -0.15) is 0 Å². The number of halogens is 3. The van der Waals surface area contributed by atoms with Gasteiger partial charge in [-0.05, 0) is 51.7 Å². The number of nitrogens with two attached hydrogens (primary N) is 1. The average Bonchev–Trinajstić information content (AvgIpc) is 2.35. The Morgan fingerprint density at radius 3 is 2.50 bits per heavy atom. The second kappa shape index (κ2) is 5.16. The molecular weight excluding hydrogens is 300 g/mol. The van der Waals surface area contributed by atoms with Gasteiger partial charge < -0.3 is 5.73 Å². The molecule has 0 spiro atoms. The van der Waals surface area contributed by atoms with E-state index in [4.69, 9.17) is 5.73 Å². The van der Waals surface area contributed by atoms with Crippen LogP contribution in [0.5, 0.6) is 0 Å². The Bertz CT molecular complexity index is 584. The maximum Gasteiger partial charge on any atom is 0.137 e. The van der Waals surface area contributed by atoms with Gasteiger partial charge in [0.15, 0.2) is 0 Å². The molecule has 2 N–H and O–H groups in total. The van der Waals surface area contributed by atoms with E-state index in [1.165, 1.54) is 12.1 Å². The number of hydrogen-bond acceptors (Lipinski definition) is 1. The molecule has 0 aliphatic heterocycles. The van der Waals surface area contributed by atoms with E-state index in [2.05, 4.69) is 15.9 Å². The third-order valence-corrected chi connectivity index (χ3v) is 3.71. The van der Waals surface area contributed by atoms with Crippen LogP contribution < -0.4 is 5.73 Å². The number of benzene rings is 2. The van der Waals surface area contributed by atoms with Crippen LogP contribution >= 0.6 is 15.9 Å². The fourth-order valence-corrected chi connectivity index (χ4v) is 2.25. The Kier molecular flexibility index (Phi) is 3.78. The fourth-order valence-electron chi connectivity index (χ4n) is 1.74. The number of hydrogen-bond donors (Lipinski definition) is 1. The van der Waals surface area contributed by atoms with Crippen molar-refractivity contribution in [1.29, 1.82) is 0 Å². The zero-order valence-corrected chi connectivity index (χ0v) is 11.3. The molecule has 0 saturated heterocycles. The first-order valence-electron chi connectivity index (χ1n) is 5.46. The zero-order valence-electron chi connectivity index (χ0n) is 9.75. The number of aryl methyl sites for hydroxylation is 1. The molecule has 0 amide bonds. The summed E-state index contributed by atoms with van der Waals surface area (Å²) in [7, 11) is 0. The third-order valence-electron chi connectivity index (χ3n) is 2.87. The van der Waals surface area contributed by atoms with E-state index in [1.54, 1.807) is 31.2 Å². The van der Waals surface area contributed by atoms with E-state index in [0.717, 1.165) is 0 Å². The van der Waals surface area contributed by atoms with Crippen LogP contribution in [0.25, 0.3) is 0 Å². The summed E-state index contributed by atoms with van der Waals surface area (Å²) in [6.45, 7) is 1.68. The molecule has 0 heterocycles. The van der Waals surface area contributed by atoms with Gasteiger partial charge in [0.25, 0.3) is 0 Å². The molecule has 0 aliphatic rings. The van der Waals surface area contributed by atoms with E-state index in [1.807, 2.05) is 0 Å². The van der Waals surface area contributed by atoms with Gasteiger partial charge in [0.05, 0.1) is 10.5 Å². The average molecular weight is 312 g/mol. The normalized spacial score (nSPS) is 12.5. The van der Waals surface area contributed by atoms with Crippen molar-refractivity contribution in [2.24, 2.45) is 5.73 Å². The smallest absolute Gasteiger partial charge is 0.137 e. The highest BCUT2D eigenvalue weighted by Gasteiger charge is 2.15. The molecule has 0 aromatic heterocycles. The predicted molar refractivity (Wildman–Crippen MR) is 71.3 cm³/mol. The van der Waals surface area contributed by atoms with E-state index >= 15 is 0 Å². The maximum atomic E-state index is 13.5. The standard InChI is InChI=1S/C14H12BrF2N/c1-8-5-6-9(7-12(8)17)14(18)10-3-2-4-11(16)13(10)15/h2-7,14H,18H2,1H3. The number of rotatable bonds is 2. The SMILES string of the molecule is Cc1ccc(C(N)c2cccc(F)c2Br)cc1F. The summed E-state index contributed by atoms with van der Waals surface area (Å²) in [6, 6.07) is 8.88. The first-order chi connectivity index (χ1) is 8.50. The highest BCUT2D eigenvalue weighted by Crippen LogP contribution is 2.29. The first-order valence-corrected chi connectivity index (χ1v) is 6.25. The molecule has 2 rings (SSSR count). The minimum atomic E-state index is -0.565. The van der Waals surface area contributed by atoms with E-state index in [-0.39, 0.29) is 11.6 Å². The van der Waals surface area contributed by atoms with Crippen molar-refractivity contribution < 1.29 is 8.78 Å². The molecule has 94 valence electrons. The molecule has 0 fully saturated rings. The van der Waals surface area contributed by atoms with Crippen LogP contribution in [-0.4, -0.2) is 0 Å². The van der Waals surface area contributed by atoms with Crippen LogP contribution in [0.3, 0.4) is 0 Å². The summed E-state index contributed by atoms with van der Waals surface area (Å²) in [5.74, 6) is -0.689. The van der Waals surface area contributed by atoms with Crippen molar-refractivity contribution in [1.82, 2.24) is 0 Å². The van der Waals surface area contributed by atoms with Gasteiger partial charge in [0.2, 0.25) is 0 Å². The third kappa shape index (κ3) is 2.44. The molecule has 4 heteroatoms. The lowest BCUT2D eigenvalue weighted by molar-refractivity contribution is 0.610. The highest BCUT2D eigenvalue weighted by molar-refractivity contribution is 9.10. The highest BCUT2D eigenvalue weighted by atomic mass is 79.9. The molecule has 1 unspecified atom stereocenters. The van der Waals surface area contributed by atoms with Crippen LogP contribution in [0.4, 0.5) is 8.78 Å². The molecule has 2 aromatic rings. The van der Waals surface area contributed by atoms with Crippen LogP contribution in [0.2, 0.25) is 0 Å². The van der Waals surface area contributed by atoms with E-state index < -0.39 is 6.04 Å². The van der Waals surface area contributed by atoms with Crippen LogP contribution in [0.1, 0.15) is 22.7 Å². The van der Waals surface area contributed by atoms with Gasteiger partial charge in [-0.25, -0.2) is 8.78 Å². The molecule has 2 aromatic carbocycles. The lowest BCUT2D eigenvalue weighted by atomic mass is 9.98. The lowest BCUT2D eigenvalue weighted by Crippen LogP contribution is -2.13. The van der Waals surface area contributed by atoms with Gasteiger partial charge >= 0.3 is 0 Å². The summed E-state index contributed by atoms with van der Waals surface area (Å²) in [5.41, 5.74) is 7.81. The monoisotopic (exact) mass is 311 g/mol. The fraction of sp³-hybridized carbons (Fsp3) is 0.143. The Hall–Kier alpha value is -1.26. The summed E-state index contributed by atoms with van der Waals surface area (Å²) < 4.78 is 27.2. The Labute approximate surface area is 113 Å². The quantitative estimate of drug-likeness (QED) is 0.888. The van der Waals surface area contributed by atoms with Gasteiger partial charge in [-0.3, -0.25) is 0 Å². The van der Waals surface area contributed by atoms with E-state index in [9.17, 15) is 8.78 Å². The van der Waals surface area contributed by atoms with Crippen molar-refractivity contribution in [2.45, 2.75) is 13.0 Å². The van der Waals surface area contributed by atoms with Crippen molar-refractivity contribution in [3.05, 3.63) is 69.2 Å². The zero-order chi connectivity index (χ0) is 13.3. The Morgan fingerprint density at radius 2 is 1.83 bits per heavy atom. The van der Waals surface area contributed by atoms with Gasteiger partial charge in [-0.1, -0.05) is 24.3 Å². The molecule has 1 atom stereocenters. The summed E-state index contributed by atoms with van der Waals surface area (Å²) in [4.78, 5) is 0. The molecule has 0 saturated carbocycles. The molecule has 1 nitrogen and oxygen atoms in total. The minimum absolute atomic E-state index is 0.310. The summed E-state index contributed by atoms with van der Waals surface area (Å²) >= 11 is 3.16. The lowest BCUT2D eigenvalue weighted by Gasteiger charge is -2.15. The second-order valence-electron chi connectivity index (χ2n) is 4.13. The minimum Gasteiger partial charge on any atom is -0.320 e. The van der Waals surface area contributed by atoms with Gasteiger partial charge in [0, 0.05) is 0 Å². The van der Waals surface area contributed by atoms with Gasteiger partial charge in [0.1, 0.15) is 11.6 Å². The van der Waals surface area contributed by atoms with Crippen molar-refractivity contribution in [2.75, 3.05) is 0 Å². The van der Waals surface area contributed by atoms with Crippen LogP contribution in [-0.2, 0) is 0 Å². The largest absolute Gasteiger partial charge is 0.320 e. The molecule has 0 radical (unpaired) electrons. The predicted octanol–water partition coefficient (Wildman–Crippen LogP) is 4.08. The molecule has 0 bridgehead atoms. The van der Waals surface area contributed by atoms with Crippen molar-refractivity contribution in [3.8, 4) is 0 Å². The first kappa shape index (κ1) is 13.2. The van der Waals surface area contributed by atoms with Crippen molar-refractivity contribution in [3.63, 3.8) is 0 Å². The topological polar surface area (TPSA) is 26.0 Å². The molecular formula is C14H12BrF2N. The van der Waals surface area contributed by atoms with E-state index in [0.29, 0.717) is 21.2 Å². The summed E-state index contributed by atoms with van der Waals surface area (Å²) in [6.07, 6.45) is 0. The Morgan fingerprint density at radius 1 is 1.11 bits per heavy atom. The maximum absolute atomic E-state index is 13.5. The van der Waals surface area contributed by atoms with Crippen LogP contribution in [0.15, 0.2) is 40.9 Å². The molecule has 0 aliphatic carbocycles. The van der Waals surface area contributed by atoms with Crippen LogP contribution in [0, 0.1) is 18.6 Å². The Balaban J connectivity index is 2.44. The second-order valence-corrected chi connectivity index (χ2v) is 4.92. The molecule has 18 heavy (non-hydrogen) atoms. The van der Waals surface area contributed by atoms with Gasteiger partial charge in [-0.15, -0.1) is 0 Å². The van der Waals surface area contributed by atoms with Crippen molar-refractivity contribution >= 4 is 15.9 Å².